The van der Waals surface area contributed by atoms with E-state index in [2.05, 4.69) is 0 Å². The largest absolute Gasteiger partial charge is 0.481 e. The number of likely N-dealkylation sites (N-methyl/N-ethyl adjacent to an activating group) is 1. The lowest BCUT2D eigenvalue weighted by Crippen LogP contribution is -2.54. The number of aliphatic hydroxyl groups is 2. The molecule has 0 unspecified atom stereocenters. The Morgan fingerprint density at radius 3 is 1.45 bits per heavy atom. The molecule has 0 radical (unpaired) electrons. The van der Waals surface area contributed by atoms with Crippen LogP contribution in [-0.4, -0.2) is 71.5 Å². The number of Topliss-reactive ketones (excluding diaryl/α,β-unsaturated/α-hetero) is 1. The molecule has 0 fully saturated rings. The van der Waals surface area contributed by atoms with Crippen LogP contribution >= 0.6 is 0 Å². The predicted octanol–water partition coefficient (Wildman–Crippen LogP) is 3.92. The van der Waals surface area contributed by atoms with E-state index in [-0.39, 0.29) is 18.7 Å². The average Bonchev–Trinajstić information content (AvgIpc) is 2.59. The Hall–Kier alpha value is -0.980. The van der Waals surface area contributed by atoms with Crippen LogP contribution in [0.1, 0.15) is 96.3 Å². The molecule has 0 rings (SSSR count). The van der Waals surface area contributed by atoms with Gasteiger partial charge in [0.15, 0.2) is 11.4 Å². The first-order valence-corrected chi connectivity index (χ1v) is 11.5. The van der Waals surface area contributed by atoms with Crippen LogP contribution in [0.25, 0.3) is 0 Å². The maximum atomic E-state index is 12.5. The Kier molecular flexibility index (Phi) is 15.3. The molecular formula is C23H46NO5+. The summed E-state index contributed by atoms with van der Waals surface area (Å²) in [5.74, 6) is -1.48. The summed E-state index contributed by atoms with van der Waals surface area (Å²) < 4.78 is 0.345. The third kappa shape index (κ3) is 16.5. The summed E-state index contributed by atoms with van der Waals surface area (Å²) in [6, 6.07) is 0. The third-order valence-electron chi connectivity index (χ3n) is 5.26. The molecule has 6 nitrogen and oxygen atoms in total. The number of quaternary nitrogens is 1. The Morgan fingerprint density at radius 2 is 1.10 bits per heavy atom. The minimum Gasteiger partial charge on any atom is -0.481 e. The number of carbonyl (C=O) groups excluding carboxylic acids is 1. The van der Waals surface area contributed by atoms with Gasteiger partial charge in [-0.25, -0.2) is 0 Å². The highest BCUT2D eigenvalue weighted by Gasteiger charge is 2.42. The SMILES string of the molecule is C[N+](C)(C)C[C@](O)(CC(=O)O)C(=O)CCCCCCCCCCCCCCCO. The Morgan fingerprint density at radius 1 is 0.724 bits per heavy atom. The number of aliphatic carboxylic acids is 1. The molecule has 1 atom stereocenters. The van der Waals surface area contributed by atoms with E-state index in [9.17, 15) is 14.7 Å². The van der Waals surface area contributed by atoms with E-state index in [4.69, 9.17) is 10.2 Å². The predicted molar refractivity (Wildman–Crippen MR) is 117 cm³/mol. The summed E-state index contributed by atoms with van der Waals surface area (Å²) in [5.41, 5.74) is -1.78. The first-order valence-electron chi connectivity index (χ1n) is 11.5. The smallest absolute Gasteiger partial charge is 0.306 e. The number of hydrogen-bond acceptors (Lipinski definition) is 4. The lowest BCUT2D eigenvalue weighted by Gasteiger charge is -2.33. The molecule has 3 N–H and O–H groups in total. The number of unbranched alkanes of at least 4 members (excludes halogenated alkanes) is 12. The van der Waals surface area contributed by atoms with E-state index in [0.29, 0.717) is 17.5 Å². The van der Waals surface area contributed by atoms with Crippen molar-refractivity contribution >= 4 is 11.8 Å². The first-order chi connectivity index (χ1) is 13.6. The summed E-state index contributed by atoms with van der Waals surface area (Å²) in [7, 11) is 5.53. The van der Waals surface area contributed by atoms with E-state index < -0.39 is 18.0 Å². The number of hydrogen-bond donors (Lipinski definition) is 3. The number of rotatable bonds is 20. The number of aliphatic hydroxyl groups excluding tert-OH is 1. The van der Waals surface area contributed by atoms with Crippen LogP contribution in [-0.2, 0) is 9.59 Å². The topological polar surface area (TPSA) is 94.8 Å². The van der Waals surface area contributed by atoms with Gasteiger partial charge in [-0.1, -0.05) is 70.6 Å². The van der Waals surface area contributed by atoms with E-state index >= 15 is 0 Å². The van der Waals surface area contributed by atoms with Gasteiger partial charge in [0.1, 0.15) is 6.54 Å². The fraction of sp³-hybridized carbons (Fsp3) is 0.913. The summed E-state index contributed by atoms with van der Waals surface area (Å²) in [5, 5.41) is 28.4. The van der Waals surface area contributed by atoms with Gasteiger partial charge in [-0.15, -0.1) is 0 Å². The quantitative estimate of drug-likeness (QED) is 0.206. The fourth-order valence-electron chi connectivity index (χ4n) is 3.85. The van der Waals surface area contributed by atoms with E-state index in [1.54, 1.807) is 0 Å². The molecule has 0 aliphatic rings. The number of carboxylic acids is 1. The molecule has 0 aromatic rings. The maximum Gasteiger partial charge on any atom is 0.306 e. The molecule has 172 valence electrons. The number of nitrogens with zero attached hydrogens (tertiary/aromatic N) is 1. The van der Waals surface area contributed by atoms with Crippen molar-refractivity contribution < 1.29 is 29.4 Å². The molecule has 0 aromatic heterocycles. The van der Waals surface area contributed by atoms with Gasteiger partial charge in [0.2, 0.25) is 0 Å². The zero-order chi connectivity index (χ0) is 22.2. The van der Waals surface area contributed by atoms with Gasteiger partial charge >= 0.3 is 5.97 Å². The van der Waals surface area contributed by atoms with Crippen molar-refractivity contribution in [2.45, 2.75) is 102 Å². The molecule has 0 saturated heterocycles. The Bertz CT molecular complexity index is 447. The van der Waals surface area contributed by atoms with Crippen LogP contribution in [0.4, 0.5) is 0 Å². The van der Waals surface area contributed by atoms with Crippen molar-refractivity contribution in [3.8, 4) is 0 Å². The van der Waals surface area contributed by atoms with Crippen LogP contribution in [0.3, 0.4) is 0 Å². The molecule has 0 saturated carbocycles. The molecular weight excluding hydrogens is 370 g/mol. The lowest BCUT2D eigenvalue weighted by atomic mass is 9.89. The van der Waals surface area contributed by atoms with Gasteiger partial charge < -0.3 is 19.8 Å². The molecule has 0 spiro atoms. The van der Waals surface area contributed by atoms with E-state index in [0.717, 1.165) is 25.7 Å². The number of carbonyl (C=O) groups is 2. The van der Waals surface area contributed by atoms with Gasteiger partial charge in [0.25, 0.3) is 0 Å². The zero-order valence-corrected chi connectivity index (χ0v) is 19.1. The van der Waals surface area contributed by atoms with Crippen LogP contribution in [0.5, 0.6) is 0 Å². The minimum atomic E-state index is -1.78. The zero-order valence-electron chi connectivity index (χ0n) is 19.1. The van der Waals surface area contributed by atoms with Crippen molar-refractivity contribution in [3.05, 3.63) is 0 Å². The van der Waals surface area contributed by atoms with Crippen molar-refractivity contribution in [2.75, 3.05) is 34.3 Å². The maximum absolute atomic E-state index is 12.5. The second-order valence-electron chi connectivity index (χ2n) is 9.54. The third-order valence-corrected chi connectivity index (χ3v) is 5.26. The molecule has 0 heterocycles. The fourth-order valence-corrected chi connectivity index (χ4v) is 3.85. The van der Waals surface area contributed by atoms with Crippen molar-refractivity contribution in [2.24, 2.45) is 0 Å². The second-order valence-corrected chi connectivity index (χ2v) is 9.54. The monoisotopic (exact) mass is 416 g/mol. The van der Waals surface area contributed by atoms with Gasteiger partial charge in [-0.05, 0) is 12.8 Å². The number of carboxylic acid groups (broad SMARTS) is 1. The second kappa shape index (κ2) is 15.8. The molecule has 6 heteroatoms. The molecule has 0 aromatic carbocycles. The Labute approximate surface area is 177 Å². The molecule has 0 aliphatic carbocycles. The standard InChI is InChI=1S/C23H45NO5/c1-24(2,3)20-23(29,19-22(27)28)21(26)17-15-13-11-9-7-5-4-6-8-10-12-14-16-18-25/h25,29H,4-20H2,1-3H3/p+1/t23-/m1/s1. The molecule has 0 aliphatic heterocycles. The lowest BCUT2D eigenvalue weighted by molar-refractivity contribution is -0.875. The van der Waals surface area contributed by atoms with E-state index in [1.165, 1.54) is 51.4 Å². The first kappa shape index (κ1) is 28.0. The van der Waals surface area contributed by atoms with Crippen molar-refractivity contribution in [1.29, 1.82) is 0 Å². The van der Waals surface area contributed by atoms with Crippen LogP contribution in [0.2, 0.25) is 0 Å². The van der Waals surface area contributed by atoms with Gasteiger partial charge in [-0.2, -0.15) is 0 Å². The van der Waals surface area contributed by atoms with E-state index in [1.807, 2.05) is 21.1 Å². The summed E-state index contributed by atoms with van der Waals surface area (Å²) in [6.45, 7) is 0.424. The highest BCUT2D eigenvalue weighted by Crippen LogP contribution is 2.20. The van der Waals surface area contributed by atoms with Crippen molar-refractivity contribution in [1.82, 2.24) is 0 Å². The summed E-state index contributed by atoms with van der Waals surface area (Å²) >= 11 is 0. The molecule has 29 heavy (non-hydrogen) atoms. The van der Waals surface area contributed by atoms with Crippen LogP contribution in [0.15, 0.2) is 0 Å². The normalized spacial score (nSPS) is 14.0. The van der Waals surface area contributed by atoms with Gasteiger partial charge in [0.05, 0.1) is 27.6 Å². The Balaban J connectivity index is 3.79. The highest BCUT2D eigenvalue weighted by atomic mass is 16.4. The van der Waals surface area contributed by atoms with Crippen LogP contribution in [0, 0.1) is 0 Å². The minimum absolute atomic E-state index is 0.111. The summed E-state index contributed by atoms with van der Waals surface area (Å²) in [4.78, 5) is 23.5. The molecule has 0 amide bonds. The van der Waals surface area contributed by atoms with Gasteiger partial charge in [0, 0.05) is 13.0 Å². The number of ketones is 1. The van der Waals surface area contributed by atoms with Crippen molar-refractivity contribution in [3.63, 3.8) is 0 Å². The highest BCUT2D eigenvalue weighted by molar-refractivity contribution is 5.90. The van der Waals surface area contributed by atoms with Gasteiger partial charge in [-0.3, -0.25) is 9.59 Å². The van der Waals surface area contributed by atoms with Crippen LogP contribution < -0.4 is 0 Å². The average molecular weight is 417 g/mol. The molecule has 0 bridgehead atoms. The summed E-state index contributed by atoms with van der Waals surface area (Å²) in [6.07, 6.45) is 14.6.